The van der Waals surface area contributed by atoms with E-state index < -0.39 is 11.9 Å². The number of carbonyl (C=O) groups is 2. The van der Waals surface area contributed by atoms with Gasteiger partial charge in [0.25, 0.3) is 0 Å². The lowest BCUT2D eigenvalue weighted by atomic mass is 10.1. The summed E-state index contributed by atoms with van der Waals surface area (Å²) in [6, 6.07) is 3.57. The topological polar surface area (TPSA) is 91.3 Å². The van der Waals surface area contributed by atoms with E-state index in [0.29, 0.717) is 62.1 Å². The van der Waals surface area contributed by atoms with Gasteiger partial charge in [0.15, 0.2) is 11.5 Å². The highest BCUT2D eigenvalue weighted by Crippen LogP contribution is 2.41. The number of hydrogen-bond acceptors (Lipinski definition) is 6. The molecule has 0 saturated heterocycles. The van der Waals surface area contributed by atoms with Crippen LogP contribution in [0.5, 0.6) is 17.2 Å². The van der Waals surface area contributed by atoms with Crippen molar-refractivity contribution in [3.8, 4) is 17.2 Å². The van der Waals surface area contributed by atoms with Crippen molar-refractivity contribution in [3.05, 3.63) is 36.4 Å². The third-order valence-corrected chi connectivity index (χ3v) is 5.21. The summed E-state index contributed by atoms with van der Waals surface area (Å²) < 4.78 is 23.3. The number of esters is 1. The maximum absolute atomic E-state index is 11.1. The number of aliphatic carboxylic acids is 1. The van der Waals surface area contributed by atoms with E-state index in [9.17, 15) is 9.59 Å². The van der Waals surface area contributed by atoms with E-state index in [1.807, 2.05) is 0 Å². The van der Waals surface area contributed by atoms with Crippen molar-refractivity contribution in [3.63, 3.8) is 0 Å². The van der Waals surface area contributed by atoms with Crippen LogP contribution in [0.3, 0.4) is 0 Å². The molecule has 0 bridgehead atoms. The van der Waals surface area contributed by atoms with Crippen molar-refractivity contribution in [1.82, 2.24) is 0 Å². The lowest BCUT2D eigenvalue weighted by Gasteiger charge is -2.19. The van der Waals surface area contributed by atoms with E-state index in [0.717, 1.165) is 63.5 Å². The maximum Gasteiger partial charge on any atom is 0.330 e. The molecule has 0 saturated carbocycles. The number of carbonyl (C=O) groups excluding carboxylic acids is 1. The third kappa shape index (κ3) is 13.5. The maximum atomic E-state index is 11.1. The number of rotatable bonds is 21. The number of carboxylic acids is 1. The molecule has 0 unspecified atom stereocenters. The van der Waals surface area contributed by atoms with Crippen LogP contribution in [0.1, 0.15) is 83.6 Å². The molecule has 7 heteroatoms. The van der Waals surface area contributed by atoms with Crippen LogP contribution in [0.4, 0.5) is 0 Å². The molecule has 1 aromatic rings. The van der Waals surface area contributed by atoms with Crippen LogP contribution in [0.2, 0.25) is 0 Å². The largest absolute Gasteiger partial charge is 0.490 e. The van der Waals surface area contributed by atoms with E-state index in [1.165, 1.54) is 6.08 Å². The Kier molecular flexibility index (Phi) is 16.6. The molecule has 0 amide bonds. The normalized spacial score (nSPS) is 10.8. The summed E-state index contributed by atoms with van der Waals surface area (Å²) in [4.78, 5) is 22.3. The Balaban J connectivity index is 2.98. The number of unbranched alkanes of at least 4 members (excludes halogenated alkanes) is 7. The summed E-state index contributed by atoms with van der Waals surface area (Å²) in [5.74, 6) is 0.1000. The van der Waals surface area contributed by atoms with Gasteiger partial charge in [-0.2, -0.15) is 0 Å². The van der Waals surface area contributed by atoms with Crippen molar-refractivity contribution in [2.24, 2.45) is 0 Å². The monoisotopic (exact) mass is 490 g/mol. The van der Waals surface area contributed by atoms with E-state index in [2.05, 4.69) is 20.4 Å². The second-order valence-corrected chi connectivity index (χ2v) is 8.23. The quantitative estimate of drug-likeness (QED) is 0.118. The second-order valence-electron chi connectivity index (χ2n) is 8.23. The molecule has 196 valence electrons. The first-order chi connectivity index (χ1) is 17.0. The molecule has 1 N–H and O–H groups in total. The standard InChI is InChI=1S/C28H42O7/c1-4-7-9-11-21-34-27-23(16-18-25(29)30)15-17-24(28(27)35-22-12-10-8-5-2)32-19-13-14-20-33-26(31)6-3/h6,15-18H,3-5,7-14,19-22H2,1-2H3,(H,29,30)/b18-16+. The first kappa shape index (κ1) is 30.1. The zero-order valence-corrected chi connectivity index (χ0v) is 21.4. The molecule has 0 aliphatic carbocycles. The Morgan fingerprint density at radius 1 is 0.800 bits per heavy atom. The third-order valence-electron chi connectivity index (χ3n) is 5.21. The lowest BCUT2D eigenvalue weighted by Crippen LogP contribution is -2.08. The molecule has 0 aliphatic rings. The summed E-state index contributed by atoms with van der Waals surface area (Å²) in [6.45, 7) is 9.45. The Labute approximate surface area is 210 Å². The molecule has 0 radical (unpaired) electrons. The van der Waals surface area contributed by atoms with Crippen LogP contribution in [0, 0.1) is 0 Å². The fourth-order valence-corrected chi connectivity index (χ4v) is 3.28. The Morgan fingerprint density at radius 2 is 1.37 bits per heavy atom. The van der Waals surface area contributed by atoms with Gasteiger partial charge in [-0.1, -0.05) is 59.0 Å². The molecule has 1 aromatic carbocycles. The van der Waals surface area contributed by atoms with Crippen molar-refractivity contribution in [1.29, 1.82) is 0 Å². The second kappa shape index (κ2) is 19.4. The van der Waals surface area contributed by atoms with Crippen LogP contribution in [0.15, 0.2) is 30.9 Å². The van der Waals surface area contributed by atoms with Gasteiger partial charge in [-0.15, -0.1) is 0 Å². The fourth-order valence-electron chi connectivity index (χ4n) is 3.28. The van der Waals surface area contributed by atoms with Gasteiger partial charge in [-0.25, -0.2) is 9.59 Å². The summed E-state index contributed by atoms with van der Waals surface area (Å²) in [7, 11) is 0. The molecule has 35 heavy (non-hydrogen) atoms. The van der Waals surface area contributed by atoms with E-state index >= 15 is 0 Å². The van der Waals surface area contributed by atoms with Gasteiger partial charge >= 0.3 is 11.9 Å². The summed E-state index contributed by atoms with van der Waals surface area (Å²) >= 11 is 0. The Hall–Kier alpha value is -2.96. The van der Waals surface area contributed by atoms with Gasteiger partial charge in [0.1, 0.15) is 0 Å². The first-order valence-corrected chi connectivity index (χ1v) is 12.8. The number of carboxylic acid groups (broad SMARTS) is 1. The minimum absolute atomic E-state index is 0.306. The van der Waals surface area contributed by atoms with Crippen LogP contribution >= 0.6 is 0 Å². The van der Waals surface area contributed by atoms with Gasteiger partial charge in [0, 0.05) is 17.7 Å². The molecule has 0 spiro atoms. The van der Waals surface area contributed by atoms with Gasteiger partial charge in [0.05, 0.1) is 26.4 Å². The average Bonchev–Trinajstić information content (AvgIpc) is 2.85. The molecule has 1 rings (SSSR count). The predicted molar refractivity (Wildman–Crippen MR) is 138 cm³/mol. The predicted octanol–water partition coefficient (Wildman–Crippen LogP) is 6.59. The number of hydrogen-bond donors (Lipinski definition) is 1. The minimum Gasteiger partial charge on any atom is -0.490 e. The number of ether oxygens (including phenoxy) is 4. The summed E-state index contributed by atoms with van der Waals surface area (Å²) in [5, 5.41) is 9.10. The minimum atomic E-state index is -1.03. The SMILES string of the molecule is C=CC(=O)OCCCCOc1ccc(/C=C/C(=O)O)c(OCCCCCC)c1OCCCCCC. The van der Waals surface area contributed by atoms with Crippen molar-refractivity contribution in [2.45, 2.75) is 78.1 Å². The first-order valence-electron chi connectivity index (χ1n) is 12.8. The molecular formula is C28H42O7. The van der Waals surface area contributed by atoms with Gasteiger partial charge in [0.2, 0.25) is 5.75 Å². The summed E-state index contributed by atoms with van der Waals surface area (Å²) in [5.41, 5.74) is 0.634. The van der Waals surface area contributed by atoms with Crippen molar-refractivity contribution < 1.29 is 33.6 Å². The molecule has 0 aliphatic heterocycles. The molecule has 0 aromatic heterocycles. The fraction of sp³-hybridized carbons (Fsp3) is 0.571. The Morgan fingerprint density at radius 3 is 1.97 bits per heavy atom. The average molecular weight is 491 g/mol. The zero-order valence-electron chi connectivity index (χ0n) is 21.4. The van der Waals surface area contributed by atoms with Gasteiger partial charge in [-0.05, 0) is 43.9 Å². The molecule has 7 nitrogen and oxygen atoms in total. The highest BCUT2D eigenvalue weighted by molar-refractivity contribution is 5.86. The molecule has 0 heterocycles. The van der Waals surface area contributed by atoms with Crippen LogP contribution in [-0.4, -0.2) is 43.5 Å². The highest BCUT2D eigenvalue weighted by atomic mass is 16.5. The lowest BCUT2D eigenvalue weighted by molar-refractivity contribution is -0.138. The highest BCUT2D eigenvalue weighted by Gasteiger charge is 2.17. The molecule has 0 fully saturated rings. The zero-order chi connectivity index (χ0) is 25.7. The van der Waals surface area contributed by atoms with E-state index in [-0.39, 0.29) is 0 Å². The van der Waals surface area contributed by atoms with E-state index in [1.54, 1.807) is 12.1 Å². The van der Waals surface area contributed by atoms with Crippen molar-refractivity contribution >= 4 is 18.0 Å². The van der Waals surface area contributed by atoms with E-state index in [4.69, 9.17) is 24.1 Å². The van der Waals surface area contributed by atoms with Gasteiger partial charge in [-0.3, -0.25) is 0 Å². The number of benzene rings is 1. The molecule has 0 atom stereocenters. The summed E-state index contributed by atoms with van der Waals surface area (Å²) in [6.07, 6.45) is 13.6. The van der Waals surface area contributed by atoms with Gasteiger partial charge < -0.3 is 24.1 Å². The van der Waals surface area contributed by atoms with Crippen LogP contribution < -0.4 is 14.2 Å². The molecular weight excluding hydrogens is 448 g/mol. The Bertz CT molecular complexity index is 786. The van der Waals surface area contributed by atoms with Crippen molar-refractivity contribution in [2.75, 3.05) is 26.4 Å². The smallest absolute Gasteiger partial charge is 0.330 e. The van der Waals surface area contributed by atoms with Crippen LogP contribution in [-0.2, 0) is 14.3 Å². The van der Waals surface area contributed by atoms with Crippen LogP contribution in [0.25, 0.3) is 6.08 Å².